The molecule has 0 aromatic heterocycles. The highest BCUT2D eigenvalue weighted by Crippen LogP contribution is 2.76. The number of hydrogen-bond donors (Lipinski definition) is 11. The third-order valence-corrected chi connectivity index (χ3v) is 19.6. The number of allylic oxidation sites excluding steroid dienone is 2. The van der Waals surface area contributed by atoms with Gasteiger partial charge in [-0.2, -0.15) is 8.42 Å². The number of aliphatic hydroxyl groups is 10. The maximum Gasteiger partial charge on any atom is 0.397 e. The highest BCUT2D eigenvalue weighted by Gasteiger charge is 2.72. The SMILES string of the molecule is CC1(C)CCC2(C(=O)OC3OC(COC4OC(CO)C(OC5OCC(O)C(O)C5O)C(O)C4O)C(O)C(O)C3O)C(O)CC3(C)C(=CCC4C5(C)CCC(OS(=O)(=O)O)C(C)(C)C5CCC43C)C2C1. The second-order valence-electron chi connectivity index (χ2n) is 23.7. The highest BCUT2D eigenvalue weighted by atomic mass is 32.3. The van der Waals surface area contributed by atoms with Crippen molar-refractivity contribution >= 4 is 16.4 Å². The van der Waals surface area contributed by atoms with Crippen molar-refractivity contribution in [2.45, 2.75) is 204 Å². The Morgan fingerprint density at radius 2 is 1.39 bits per heavy atom. The van der Waals surface area contributed by atoms with Crippen LogP contribution in [0.25, 0.3) is 0 Å². The van der Waals surface area contributed by atoms with Crippen LogP contribution >= 0.6 is 0 Å². The molecular formula is C47H76O21S. The largest absolute Gasteiger partial charge is 0.432 e. The summed E-state index contributed by atoms with van der Waals surface area (Å²) in [6.07, 6.45) is -18.7. The summed E-state index contributed by atoms with van der Waals surface area (Å²) in [4.78, 5) is 15.0. The Labute approximate surface area is 403 Å². The van der Waals surface area contributed by atoms with Crippen molar-refractivity contribution in [1.29, 1.82) is 0 Å². The molecule has 7 fully saturated rings. The Morgan fingerprint density at radius 1 is 0.739 bits per heavy atom. The smallest absolute Gasteiger partial charge is 0.397 e. The van der Waals surface area contributed by atoms with Crippen molar-refractivity contribution in [3.8, 4) is 0 Å². The zero-order valence-corrected chi connectivity index (χ0v) is 41.3. The maximum absolute atomic E-state index is 15.0. The van der Waals surface area contributed by atoms with Crippen LogP contribution in [0.5, 0.6) is 0 Å². The lowest BCUT2D eigenvalue weighted by Crippen LogP contribution is -2.68. The van der Waals surface area contributed by atoms with Crippen LogP contribution in [0, 0.1) is 50.2 Å². The minimum Gasteiger partial charge on any atom is -0.432 e. The first kappa shape index (κ1) is 53.8. The van der Waals surface area contributed by atoms with Crippen molar-refractivity contribution in [1.82, 2.24) is 0 Å². The van der Waals surface area contributed by atoms with Crippen molar-refractivity contribution in [3.05, 3.63) is 11.6 Å². The topological polar surface area (TPSA) is 338 Å². The van der Waals surface area contributed by atoms with Crippen LogP contribution in [0.15, 0.2) is 11.6 Å². The van der Waals surface area contributed by atoms with Crippen molar-refractivity contribution < 1.29 is 101 Å². The Hall–Kier alpha value is -1.52. The van der Waals surface area contributed by atoms with Crippen LogP contribution in [-0.2, 0) is 47.8 Å². The predicted molar refractivity (Wildman–Crippen MR) is 236 cm³/mol. The molecule has 3 saturated heterocycles. The first-order valence-corrected chi connectivity index (χ1v) is 25.8. The summed E-state index contributed by atoms with van der Waals surface area (Å²) in [5.74, 6) is -1.16. The Morgan fingerprint density at radius 3 is 2.06 bits per heavy atom. The minimum absolute atomic E-state index is 0.0609. The third-order valence-electron chi connectivity index (χ3n) is 19.1. The van der Waals surface area contributed by atoms with E-state index in [0.29, 0.717) is 32.1 Å². The van der Waals surface area contributed by atoms with E-state index in [1.54, 1.807) is 0 Å². The van der Waals surface area contributed by atoms with E-state index >= 15 is 4.79 Å². The molecular weight excluding hydrogens is 933 g/mol. The standard InChI is InChI=1S/C47H76O21S/c1-42(2)14-15-47(22(16-42)21-8-9-27-44(5)12-11-29(68-69(59,60)61)43(3,4)26(44)10-13-45(27,6)46(21,7)17-28(47)50)41(58)67-40-35(56)32(53)31(52)25(65-40)20-63-38-36(57)33(54)37(24(18-48)64-38)66-39-34(55)30(51)23(49)19-62-39/h8,22-40,48-57H,9-20H2,1-7H3,(H,59,60,61). The van der Waals surface area contributed by atoms with Crippen LogP contribution in [-0.4, -0.2) is 188 Å². The van der Waals surface area contributed by atoms with Crippen LogP contribution < -0.4 is 0 Å². The molecule has 21 nitrogen and oxygen atoms in total. The first-order chi connectivity index (χ1) is 32.0. The summed E-state index contributed by atoms with van der Waals surface area (Å²) in [6, 6.07) is 0. The maximum atomic E-state index is 15.0. The van der Waals surface area contributed by atoms with Crippen LogP contribution in [0.3, 0.4) is 0 Å². The van der Waals surface area contributed by atoms with Crippen LogP contribution in [0.4, 0.5) is 0 Å². The van der Waals surface area contributed by atoms with Crippen molar-refractivity contribution in [3.63, 3.8) is 0 Å². The number of hydrogen-bond acceptors (Lipinski definition) is 20. The van der Waals surface area contributed by atoms with Gasteiger partial charge in [-0.3, -0.25) is 9.35 Å². The molecule has 5 aliphatic carbocycles. The number of carbonyl (C=O) groups excluding carboxylic acids is 1. The quantitative estimate of drug-likeness (QED) is 0.0752. The fourth-order valence-corrected chi connectivity index (χ4v) is 15.6. The first-order valence-electron chi connectivity index (χ1n) is 24.5. The van der Waals surface area contributed by atoms with Gasteiger partial charge in [0.05, 0.1) is 32.0 Å². The monoisotopic (exact) mass is 1010 g/mol. The molecule has 3 aliphatic heterocycles. The zero-order valence-electron chi connectivity index (χ0n) is 40.4. The van der Waals surface area contributed by atoms with Gasteiger partial charge in [0.2, 0.25) is 6.29 Å². The fourth-order valence-electron chi connectivity index (χ4n) is 15.0. The number of ether oxygens (including phenoxy) is 6. The van der Waals surface area contributed by atoms with Gasteiger partial charge in [0, 0.05) is 0 Å². The van der Waals surface area contributed by atoms with Gasteiger partial charge in [0.1, 0.15) is 72.6 Å². The van der Waals surface area contributed by atoms with E-state index in [2.05, 4.69) is 40.7 Å². The van der Waals surface area contributed by atoms with Gasteiger partial charge in [-0.05, 0) is 103 Å². The van der Waals surface area contributed by atoms with E-state index in [0.717, 1.165) is 18.4 Å². The highest BCUT2D eigenvalue weighted by molar-refractivity contribution is 7.80. The normalized spacial score (nSPS) is 51.7. The zero-order chi connectivity index (χ0) is 50.8. The molecule has 8 rings (SSSR count). The summed E-state index contributed by atoms with van der Waals surface area (Å²) in [7, 11) is -4.67. The van der Waals surface area contributed by atoms with E-state index in [4.69, 9.17) is 32.6 Å². The van der Waals surface area contributed by atoms with Gasteiger partial charge in [-0.15, -0.1) is 0 Å². The average molecular weight is 1010 g/mol. The number of rotatable bonds is 10. The molecule has 0 radical (unpaired) electrons. The number of carbonyl (C=O) groups is 1. The summed E-state index contributed by atoms with van der Waals surface area (Å²) in [6.45, 7) is 13.1. The molecule has 69 heavy (non-hydrogen) atoms. The van der Waals surface area contributed by atoms with Gasteiger partial charge >= 0.3 is 16.4 Å². The number of aliphatic hydroxyl groups excluding tert-OH is 10. The number of esters is 1. The fraction of sp³-hybridized carbons (Fsp3) is 0.936. The summed E-state index contributed by atoms with van der Waals surface area (Å²) in [5, 5.41) is 108. The molecule has 0 bridgehead atoms. The molecule has 8 aliphatic rings. The van der Waals surface area contributed by atoms with Gasteiger partial charge < -0.3 is 79.5 Å². The molecule has 0 amide bonds. The molecule has 11 N–H and O–H groups in total. The van der Waals surface area contributed by atoms with E-state index in [9.17, 15) is 64.0 Å². The molecule has 23 unspecified atom stereocenters. The van der Waals surface area contributed by atoms with Gasteiger partial charge in [0.25, 0.3) is 0 Å². The van der Waals surface area contributed by atoms with Gasteiger partial charge in [0.15, 0.2) is 12.6 Å². The van der Waals surface area contributed by atoms with Crippen molar-refractivity contribution in [2.75, 3.05) is 19.8 Å². The summed E-state index contributed by atoms with van der Waals surface area (Å²) >= 11 is 0. The number of fused-ring (bicyclic) bond motifs is 7. The van der Waals surface area contributed by atoms with E-state index < -0.39 is 157 Å². The lowest BCUT2D eigenvalue weighted by atomic mass is 9.33. The summed E-state index contributed by atoms with van der Waals surface area (Å²) in [5.41, 5.74) is -2.45. The molecule has 23 atom stereocenters. The lowest BCUT2D eigenvalue weighted by Gasteiger charge is -2.71. The van der Waals surface area contributed by atoms with E-state index in [1.807, 2.05) is 13.8 Å². The molecule has 0 aromatic carbocycles. The Kier molecular flexibility index (Phi) is 14.6. The lowest BCUT2D eigenvalue weighted by molar-refractivity contribution is -0.355. The third kappa shape index (κ3) is 8.87. The Bertz CT molecular complexity index is 2040. The van der Waals surface area contributed by atoms with E-state index in [-0.39, 0.29) is 40.9 Å². The minimum atomic E-state index is -4.67. The Balaban J connectivity index is 0.996. The van der Waals surface area contributed by atoms with Gasteiger partial charge in [-0.25, -0.2) is 4.18 Å². The molecule has 0 aromatic rings. The van der Waals surface area contributed by atoms with Crippen molar-refractivity contribution in [2.24, 2.45) is 50.2 Å². The molecule has 22 heteroatoms. The molecule has 396 valence electrons. The van der Waals surface area contributed by atoms with Crippen LogP contribution in [0.2, 0.25) is 0 Å². The molecule has 0 spiro atoms. The molecule has 3 heterocycles. The average Bonchev–Trinajstić information content (AvgIpc) is 3.26. The predicted octanol–water partition coefficient (Wildman–Crippen LogP) is -0.422. The van der Waals surface area contributed by atoms with Gasteiger partial charge in [-0.1, -0.05) is 60.1 Å². The van der Waals surface area contributed by atoms with E-state index in [1.165, 1.54) is 0 Å². The van der Waals surface area contributed by atoms with Crippen LogP contribution in [0.1, 0.15) is 106 Å². The summed E-state index contributed by atoms with van der Waals surface area (Å²) < 4.78 is 72.9. The second kappa shape index (κ2) is 18.7. The molecule has 4 saturated carbocycles. The second-order valence-corrected chi connectivity index (χ2v) is 24.7.